The standard InChI is InChI=1S/C19H25N5/c1-4-24(5-2)19-22-14(3)12-18(23-19)20-11-10-15-13-21-17-9-7-6-8-16(15)17/h6-9,12-13,21H,4-5,10-11H2,1-3H3,(H,20,22,23). The predicted molar refractivity (Wildman–Crippen MR) is 101 cm³/mol. The maximum absolute atomic E-state index is 4.65. The van der Waals surface area contributed by atoms with Crippen molar-refractivity contribution in [3.8, 4) is 0 Å². The molecule has 0 radical (unpaired) electrons. The Morgan fingerprint density at radius 3 is 2.71 bits per heavy atom. The average Bonchev–Trinajstić information content (AvgIpc) is 2.99. The quantitative estimate of drug-likeness (QED) is 0.695. The molecule has 3 rings (SSSR count). The molecule has 0 aliphatic heterocycles. The molecular formula is C19H25N5. The number of fused-ring (bicyclic) bond motifs is 1. The van der Waals surface area contributed by atoms with Crippen molar-refractivity contribution in [1.29, 1.82) is 0 Å². The van der Waals surface area contributed by atoms with E-state index in [0.29, 0.717) is 0 Å². The SMILES string of the molecule is CCN(CC)c1nc(C)cc(NCCc2c[nH]c3ccccc23)n1. The first-order chi connectivity index (χ1) is 11.7. The fourth-order valence-corrected chi connectivity index (χ4v) is 2.96. The lowest BCUT2D eigenvalue weighted by Crippen LogP contribution is -2.25. The number of aromatic amines is 1. The van der Waals surface area contributed by atoms with Crippen LogP contribution in [0, 0.1) is 6.92 Å². The van der Waals surface area contributed by atoms with Gasteiger partial charge in [-0.25, -0.2) is 4.98 Å². The highest BCUT2D eigenvalue weighted by molar-refractivity contribution is 5.83. The summed E-state index contributed by atoms with van der Waals surface area (Å²) >= 11 is 0. The van der Waals surface area contributed by atoms with Gasteiger partial charge in [0.2, 0.25) is 5.95 Å². The Kier molecular flexibility index (Phi) is 4.99. The molecule has 0 aliphatic rings. The van der Waals surface area contributed by atoms with Crippen LogP contribution in [0.25, 0.3) is 10.9 Å². The van der Waals surface area contributed by atoms with E-state index in [-0.39, 0.29) is 0 Å². The van der Waals surface area contributed by atoms with E-state index in [0.717, 1.165) is 43.5 Å². The van der Waals surface area contributed by atoms with Crippen LogP contribution in [0.5, 0.6) is 0 Å². The summed E-state index contributed by atoms with van der Waals surface area (Å²) in [6.07, 6.45) is 3.05. The van der Waals surface area contributed by atoms with Crippen LogP contribution in [0.2, 0.25) is 0 Å². The monoisotopic (exact) mass is 323 g/mol. The number of H-pyrrole nitrogens is 1. The number of aryl methyl sites for hydroxylation is 1. The number of rotatable bonds is 7. The van der Waals surface area contributed by atoms with Gasteiger partial charge < -0.3 is 15.2 Å². The number of nitrogens with zero attached hydrogens (tertiary/aromatic N) is 3. The highest BCUT2D eigenvalue weighted by atomic mass is 15.3. The van der Waals surface area contributed by atoms with Gasteiger partial charge in [-0.3, -0.25) is 0 Å². The molecule has 2 aromatic heterocycles. The molecule has 24 heavy (non-hydrogen) atoms. The van der Waals surface area contributed by atoms with Crippen LogP contribution >= 0.6 is 0 Å². The van der Waals surface area contributed by atoms with Crippen LogP contribution in [0.15, 0.2) is 36.5 Å². The van der Waals surface area contributed by atoms with Gasteiger partial charge in [0.25, 0.3) is 0 Å². The van der Waals surface area contributed by atoms with Gasteiger partial charge in [-0.05, 0) is 38.8 Å². The topological polar surface area (TPSA) is 56.8 Å². The summed E-state index contributed by atoms with van der Waals surface area (Å²) in [6.45, 7) is 8.93. The summed E-state index contributed by atoms with van der Waals surface area (Å²) in [4.78, 5) is 14.7. The molecule has 5 heteroatoms. The van der Waals surface area contributed by atoms with Crippen molar-refractivity contribution in [2.45, 2.75) is 27.2 Å². The second-order valence-corrected chi connectivity index (χ2v) is 5.90. The number of aromatic nitrogens is 3. The van der Waals surface area contributed by atoms with Gasteiger partial charge in [-0.1, -0.05) is 18.2 Å². The van der Waals surface area contributed by atoms with E-state index in [1.807, 2.05) is 13.0 Å². The molecule has 0 amide bonds. The van der Waals surface area contributed by atoms with Crippen molar-refractivity contribution in [3.05, 3.63) is 47.8 Å². The van der Waals surface area contributed by atoms with Crippen LogP contribution < -0.4 is 10.2 Å². The van der Waals surface area contributed by atoms with Gasteiger partial charge in [0, 0.05) is 48.5 Å². The highest BCUT2D eigenvalue weighted by Crippen LogP contribution is 2.18. The molecule has 1 aromatic carbocycles. The Morgan fingerprint density at radius 2 is 1.92 bits per heavy atom. The van der Waals surface area contributed by atoms with Gasteiger partial charge in [0.15, 0.2) is 0 Å². The van der Waals surface area contributed by atoms with Crippen molar-refractivity contribution in [1.82, 2.24) is 15.0 Å². The molecule has 2 heterocycles. The summed E-state index contributed by atoms with van der Waals surface area (Å²) < 4.78 is 0. The molecule has 0 saturated heterocycles. The third-order valence-electron chi connectivity index (χ3n) is 4.26. The Balaban J connectivity index is 1.68. The smallest absolute Gasteiger partial charge is 0.227 e. The van der Waals surface area contributed by atoms with Gasteiger partial charge >= 0.3 is 0 Å². The molecule has 0 aliphatic carbocycles. The van der Waals surface area contributed by atoms with Crippen LogP contribution in [0.4, 0.5) is 11.8 Å². The van der Waals surface area contributed by atoms with E-state index >= 15 is 0 Å². The number of hydrogen-bond acceptors (Lipinski definition) is 4. The van der Waals surface area contributed by atoms with Gasteiger partial charge in [-0.15, -0.1) is 0 Å². The second-order valence-electron chi connectivity index (χ2n) is 5.90. The zero-order valence-electron chi connectivity index (χ0n) is 14.6. The van der Waals surface area contributed by atoms with Crippen molar-refractivity contribution in [2.24, 2.45) is 0 Å². The largest absolute Gasteiger partial charge is 0.370 e. The first kappa shape index (κ1) is 16.3. The van der Waals surface area contributed by atoms with Crippen molar-refractivity contribution in [3.63, 3.8) is 0 Å². The highest BCUT2D eigenvalue weighted by Gasteiger charge is 2.08. The normalized spacial score (nSPS) is 11.0. The first-order valence-electron chi connectivity index (χ1n) is 8.60. The van der Waals surface area contributed by atoms with E-state index in [4.69, 9.17) is 0 Å². The average molecular weight is 323 g/mol. The molecule has 0 unspecified atom stereocenters. The van der Waals surface area contributed by atoms with Gasteiger partial charge in [-0.2, -0.15) is 4.98 Å². The predicted octanol–water partition coefficient (Wildman–Crippen LogP) is 3.77. The fraction of sp³-hybridized carbons (Fsp3) is 0.368. The molecule has 0 saturated carbocycles. The van der Waals surface area contributed by atoms with Gasteiger partial charge in [0.05, 0.1) is 0 Å². The Labute approximate surface area is 143 Å². The number of nitrogens with one attached hydrogen (secondary N) is 2. The van der Waals surface area contributed by atoms with Gasteiger partial charge in [0.1, 0.15) is 5.82 Å². The zero-order valence-corrected chi connectivity index (χ0v) is 14.6. The Bertz CT molecular complexity index is 804. The van der Waals surface area contributed by atoms with E-state index < -0.39 is 0 Å². The lowest BCUT2D eigenvalue weighted by atomic mass is 10.1. The zero-order chi connectivity index (χ0) is 16.9. The van der Waals surface area contributed by atoms with Crippen LogP contribution in [-0.2, 0) is 6.42 Å². The van der Waals surface area contributed by atoms with Crippen LogP contribution in [-0.4, -0.2) is 34.6 Å². The molecule has 126 valence electrons. The molecule has 3 aromatic rings. The first-order valence-corrected chi connectivity index (χ1v) is 8.60. The molecule has 0 fully saturated rings. The lowest BCUT2D eigenvalue weighted by molar-refractivity contribution is 0.815. The minimum absolute atomic E-state index is 0.801. The fourth-order valence-electron chi connectivity index (χ4n) is 2.96. The van der Waals surface area contributed by atoms with E-state index in [1.165, 1.54) is 16.5 Å². The third-order valence-corrected chi connectivity index (χ3v) is 4.26. The number of benzene rings is 1. The molecule has 0 bridgehead atoms. The summed E-state index contributed by atoms with van der Waals surface area (Å²) in [5.74, 6) is 1.69. The molecule has 5 nitrogen and oxygen atoms in total. The lowest BCUT2D eigenvalue weighted by Gasteiger charge is -2.19. The number of hydrogen-bond donors (Lipinski definition) is 2. The van der Waals surface area contributed by atoms with Crippen molar-refractivity contribution >= 4 is 22.7 Å². The summed E-state index contributed by atoms with van der Waals surface area (Å²) in [7, 11) is 0. The Morgan fingerprint density at radius 1 is 1.12 bits per heavy atom. The van der Waals surface area contributed by atoms with E-state index in [9.17, 15) is 0 Å². The maximum Gasteiger partial charge on any atom is 0.227 e. The summed E-state index contributed by atoms with van der Waals surface area (Å²) in [6, 6.07) is 10.4. The Hall–Kier alpha value is -2.56. The minimum Gasteiger partial charge on any atom is -0.370 e. The summed E-state index contributed by atoms with van der Waals surface area (Å²) in [5, 5.41) is 4.73. The minimum atomic E-state index is 0.801. The third kappa shape index (κ3) is 3.50. The second kappa shape index (κ2) is 7.34. The number of para-hydroxylation sites is 1. The molecule has 0 spiro atoms. The molecule has 0 atom stereocenters. The van der Waals surface area contributed by atoms with Crippen LogP contribution in [0.3, 0.4) is 0 Å². The van der Waals surface area contributed by atoms with Crippen molar-refractivity contribution in [2.75, 3.05) is 29.9 Å². The summed E-state index contributed by atoms with van der Waals surface area (Å²) in [5.41, 5.74) is 3.50. The molecular weight excluding hydrogens is 298 g/mol. The maximum atomic E-state index is 4.65. The van der Waals surface area contributed by atoms with E-state index in [1.54, 1.807) is 0 Å². The molecule has 2 N–H and O–H groups in total. The number of anilines is 2. The van der Waals surface area contributed by atoms with E-state index in [2.05, 4.69) is 69.5 Å². The van der Waals surface area contributed by atoms with Crippen molar-refractivity contribution < 1.29 is 0 Å². The van der Waals surface area contributed by atoms with Crippen LogP contribution in [0.1, 0.15) is 25.1 Å².